The number of hydrogen-bond acceptors (Lipinski definition) is 4. The molecular weight excluding hydrogens is 422 g/mol. The van der Waals surface area contributed by atoms with Gasteiger partial charge in [0.15, 0.2) is 34.8 Å². The maximum absolute atomic E-state index is 13.8. The summed E-state index contributed by atoms with van der Waals surface area (Å²) in [5.74, 6) is -8.81. The van der Waals surface area contributed by atoms with Crippen molar-refractivity contribution in [2.24, 2.45) is 0 Å². The molecule has 2 N–H and O–H groups in total. The number of sulfonamides is 1. The molecule has 2 aromatic rings. The Morgan fingerprint density at radius 3 is 2.21 bits per heavy atom. The van der Waals surface area contributed by atoms with Gasteiger partial charge in [-0.25, -0.2) is 26.0 Å². The van der Waals surface area contributed by atoms with Gasteiger partial charge in [-0.3, -0.25) is 4.72 Å². The topological polar surface area (TPSA) is 75.6 Å². The van der Waals surface area contributed by atoms with Gasteiger partial charge < -0.3 is 9.84 Å². The SMILES string of the molecule is COc1ccc(NS(=O)(=O)c2c(F)c(F)c(F)c(F)c2Br)cc1O. The first kappa shape index (κ1) is 18.3. The Kier molecular flexibility index (Phi) is 4.95. The second-order valence-corrected chi connectivity index (χ2v) is 6.80. The average molecular weight is 430 g/mol. The molecule has 2 rings (SSSR count). The maximum atomic E-state index is 13.8. The fourth-order valence-corrected chi connectivity index (χ4v) is 3.96. The van der Waals surface area contributed by atoms with E-state index in [1.54, 1.807) is 0 Å². The van der Waals surface area contributed by atoms with Crippen LogP contribution < -0.4 is 9.46 Å². The van der Waals surface area contributed by atoms with Crippen molar-refractivity contribution in [2.75, 3.05) is 11.8 Å². The van der Waals surface area contributed by atoms with Crippen molar-refractivity contribution in [1.29, 1.82) is 0 Å². The molecule has 0 heterocycles. The fraction of sp³-hybridized carbons (Fsp3) is 0.0769. The Morgan fingerprint density at radius 2 is 1.67 bits per heavy atom. The number of methoxy groups -OCH3 is 1. The van der Waals surface area contributed by atoms with E-state index < -0.39 is 48.4 Å². The summed E-state index contributed by atoms with van der Waals surface area (Å²) in [5.41, 5.74) is -0.246. The van der Waals surface area contributed by atoms with E-state index in [2.05, 4.69) is 15.9 Å². The molecule has 0 aromatic heterocycles. The lowest BCUT2D eigenvalue weighted by atomic mass is 10.3. The van der Waals surface area contributed by atoms with E-state index in [0.717, 1.165) is 12.1 Å². The third-order valence-electron chi connectivity index (χ3n) is 2.87. The van der Waals surface area contributed by atoms with Gasteiger partial charge in [0.05, 0.1) is 17.3 Å². The van der Waals surface area contributed by atoms with Gasteiger partial charge in [-0.15, -0.1) is 0 Å². The van der Waals surface area contributed by atoms with Crippen molar-refractivity contribution in [3.8, 4) is 11.5 Å². The molecule has 11 heteroatoms. The molecule has 0 bridgehead atoms. The first-order chi connectivity index (χ1) is 11.1. The summed E-state index contributed by atoms with van der Waals surface area (Å²) in [6.07, 6.45) is 0. The lowest BCUT2D eigenvalue weighted by Crippen LogP contribution is -2.18. The fourth-order valence-electron chi connectivity index (χ4n) is 1.78. The lowest BCUT2D eigenvalue weighted by molar-refractivity contribution is 0.373. The van der Waals surface area contributed by atoms with Crippen LogP contribution >= 0.6 is 15.9 Å². The van der Waals surface area contributed by atoms with Gasteiger partial charge in [-0.1, -0.05) is 0 Å². The predicted molar refractivity (Wildman–Crippen MR) is 79.4 cm³/mol. The van der Waals surface area contributed by atoms with Crippen molar-refractivity contribution in [2.45, 2.75) is 4.90 Å². The number of ether oxygens (including phenoxy) is 1. The summed E-state index contributed by atoms with van der Waals surface area (Å²) in [4.78, 5) is -1.45. The number of hydrogen-bond donors (Lipinski definition) is 2. The molecule has 0 atom stereocenters. The van der Waals surface area contributed by atoms with Gasteiger partial charge in [0.1, 0.15) is 4.90 Å². The van der Waals surface area contributed by atoms with Gasteiger partial charge in [0.25, 0.3) is 10.0 Å². The van der Waals surface area contributed by atoms with Crippen LogP contribution in [0.4, 0.5) is 23.2 Å². The molecule has 0 radical (unpaired) electrons. The van der Waals surface area contributed by atoms with Crippen LogP contribution in [0.15, 0.2) is 27.6 Å². The zero-order chi connectivity index (χ0) is 18.2. The van der Waals surface area contributed by atoms with Crippen molar-refractivity contribution in [1.82, 2.24) is 0 Å². The van der Waals surface area contributed by atoms with E-state index in [-0.39, 0.29) is 11.4 Å². The quantitative estimate of drug-likeness (QED) is 0.442. The lowest BCUT2D eigenvalue weighted by Gasteiger charge is -2.13. The number of halogens is 5. The van der Waals surface area contributed by atoms with Gasteiger partial charge in [-0.05, 0) is 28.1 Å². The first-order valence-electron chi connectivity index (χ1n) is 6.01. The van der Waals surface area contributed by atoms with Gasteiger partial charge in [-0.2, -0.15) is 0 Å². The number of phenols is 1. The molecule has 5 nitrogen and oxygen atoms in total. The number of aromatic hydroxyl groups is 1. The molecular formula is C13H8BrF4NO4S. The van der Waals surface area contributed by atoms with Gasteiger partial charge in [0.2, 0.25) is 0 Å². The first-order valence-corrected chi connectivity index (χ1v) is 8.29. The van der Waals surface area contributed by atoms with E-state index in [4.69, 9.17) is 4.74 Å². The van der Waals surface area contributed by atoms with E-state index in [1.165, 1.54) is 13.2 Å². The Balaban J connectivity index is 2.55. The normalized spacial score (nSPS) is 11.4. The molecule has 0 aliphatic rings. The third-order valence-corrected chi connectivity index (χ3v) is 5.30. The van der Waals surface area contributed by atoms with Crippen LogP contribution in [-0.4, -0.2) is 20.6 Å². The highest BCUT2D eigenvalue weighted by Crippen LogP contribution is 2.34. The molecule has 0 saturated heterocycles. The van der Waals surface area contributed by atoms with Gasteiger partial charge >= 0.3 is 0 Å². The molecule has 0 aliphatic carbocycles. The minimum absolute atomic E-state index is 0.0316. The Hall–Kier alpha value is -2.01. The van der Waals surface area contributed by atoms with E-state index in [0.29, 0.717) is 0 Å². The Bertz CT molecular complexity index is 892. The zero-order valence-electron chi connectivity index (χ0n) is 11.7. The zero-order valence-corrected chi connectivity index (χ0v) is 14.1. The van der Waals surface area contributed by atoms with Gasteiger partial charge in [0, 0.05) is 6.07 Å². The van der Waals surface area contributed by atoms with Crippen LogP contribution in [0.3, 0.4) is 0 Å². The summed E-state index contributed by atoms with van der Waals surface area (Å²) in [7, 11) is -3.58. The van der Waals surface area contributed by atoms with Crippen LogP contribution in [0.5, 0.6) is 11.5 Å². The van der Waals surface area contributed by atoms with Crippen molar-refractivity contribution in [3.63, 3.8) is 0 Å². The van der Waals surface area contributed by atoms with Crippen LogP contribution in [-0.2, 0) is 10.0 Å². The number of benzene rings is 2. The molecule has 0 spiro atoms. The molecule has 0 aliphatic heterocycles. The Labute approximate surface area is 142 Å². The standard InChI is InChI=1S/C13H8BrF4NO4S/c1-23-7-3-2-5(4-6(7)20)19-24(21,22)13-8(14)9(15)10(16)11(17)12(13)18/h2-4,19-20H,1H3. The molecule has 24 heavy (non-hydrogen) atoms. The van der Waals surface area contributed by atoms with Crippen molar-refractivity contribution < 1.29 is 35.8 Å². The van der Waals surface area contributed by atoms with E-state index in [1.807, 2.05) is 4.72 Å². The second kappa shape index (κ2) is 6.48. The summed E-state index contributed by atoms with van der Waals surface area (Å²) < 4.78 is 83.5. The van der Waals surface area contributed by atoms with E-state index >= 15 is 0 Å². The minimum atomic E-state index is -4.84. The summed E-state index contributed by atoms with van der Waals surface area (Å²) >= 11 is 2.39. The molecule has 2 aromatic carbocycles. The highest BCUT2D eigenvalue weighted by Gasteiger charge is 2.32. The molecule has 0 saturated carbocycles. The number of anilines is 1. The van der Waals surface area contributed by atoms with Crippen molar-refractivity contribution >= 4 is 31.6 Å². The summed E-state index contributed by atoms with van der Waals surface area (Å²) in [6.45, 7) is 0. The molecule has 0 amide bonds. The third kappa shape index (κ3) is 3.13. The van der Waals surface area contributed by atoms with Crippen molar-refractivity contribution in [3.05, 3.63) is 45.9 Å². The highest BCUT2D eigenvalue weighted by atomic mass is 79.9. The molecule has 0 unspecified atom stereocenters. The monoisotopic (exact) mass is 429 g/mol. The van der Waals surface area contributed by atoms with Crippen LogP contribution in [0.1, 0.15) is 0 Å². The van der Waals surface area contributed by atoms with Crippen LogP contribution in [0.25, 0.3) is 0 Å². The summed E-state index contributed by atoms with van der Waals surface area (Å²) in [5, 5.41) is 9.58. The average Bonchev–Trinajstić information content (AvgIpc) is 2.50. The highest BCUT2D eigenvalue weighted by molar-refractivity contribution is 9.10. The smallest absolute Gasteiger partial charge is 0.266 e. The van der Waals surface area contributed by atoms with Crippen LogP contribution in [0, 0.1) is 23.3 Å². The number of nitrogens with one attached hydrogen (secondary N) is 1. The predicted octanol–water partition coefficient (Wildman–Crippen LogP) is 3.52. The maximum Gasteiger partial charge on any atom is 0.266 e. The molecule has 0 fully saturated rings. The van der Waals surface area contributed by atoms with E-state index in [9.17, 15) is 31.1 Å². The van der Waals surface area contributed by atoms with Crippen LogP contribution in [0.2, 0.25) is 0 Å². The number of rotatable bonds is 4. The second-order valence-electron chi connectivity index (χ2n) is 4.39. The Morgan fingerprint density at radius 1 is 1.08 bits per heavy atom. The minimum Gasteiger partial charge on any atom is -0.504 e. The largest absolute Gasteiger partial charge is 0.504 e. The number of phenolic OH excluding ortho intramolecular Hbond substituents is 1. The summed E-state index contributed by atoms with van der Waals surface area (Å²) in [6, 6.07) is 3.28. The molecule has 130 valence electrons.